The second-order valence-corrected chi connectivity index (χ2v) is 5.00. The number of rotatable bonds is 3. The number of carbonyl (C=O) groups excluding carboxylic acids is 2. The Labute approximate surface area is 118 Å². The van der Waals surface area contributed by atoms with E-state index < -0.39 is 0 Å². The van der Waals surface area contributed by atoms with Gasteiger partial charge in [-0.3, -0.25) is 9.59 Å². The number of hydrogen-bond acceptors (Lipinski definition) is 3. The molecule has 1 aliphatic heterocycles. The van der Waals surface area contributed by atoms with Crippen LogP contribution in [-0.2, 0) is 9.59 Å². The summed E-state index contributed by atoms with van der Waals surface area (Å²) >= 11 is 0. The van der Waals surface area contributed by atoms with Gasteiger partial charge >= 0.3 is 0 Å². The highest BCUT2D eigenvalue weighted by atomic mass is 16.5. The van der Waals surface area contributed by atoms with Crippen molar-refractivity contribution in [2.24, 2.45) is 5.92 Å². The summed E-state index contributed by atoms with van der Waals surface area (Å²) in [6, 6.07) is 7.27. The van der Waals surface area contributed by atoms with Crippen molar-refractivity contribution in [3.63, 3.8) is 0 Å². The number of likely N-dealkylation sites (tertiary alicyclic amines) is 1. The molecule has 0 atom stereocenters. The van der Waals surface area contributed by atoms with Gasteiger partial charge in [0.05, 0.1) is 7.11 Å². The molecule has 0 spiro atoms. The van der Waals surface area contributed by atoms with Crippen molar-refractivity contribution < 1.29 is 14.3 Å². The zero-order valence-corrected chi connectivity index (χ0v) is 11.9. The van der Waals surface area contributed by atoms with E-state index in [1.54, 1.807) is 18.9 Å². The summed E-state index contributed by atoms with van der Waals surface area (Å²) < 4.78 is 5.07. The molecule has 1 saturated heterocycles. The molecule has 1 N–H and O–H groups in total. The lowest BCUT2D eigenvalue weighted by atomic mass is 9.96. The largest absolute Gasteiger partial charge is 0.497 e. The zero-order valence-electron chi connectivity index (χ0n) is 11.9. The fraction of sp³-hybridized carbons (Fsp3) is 0.467. The van der Waals surface area contributed by atoms with Gasteiger partial charge in [0.15, 0.2) is 0 Å². The van der Waals surface area contributed by atoms with Crippen LogP contribution in [0.3, 0.4) is 0 Å². The minimum atomic E-state index is -0.0206. The predicted molar refractivity (Wildman–Crippen MR) is 76.6 cm³/mol. The predicted octanol–water partition coefficient (Wildman–Crippen LogP) is 1.89. The molecule has 0 aliphatic carbocycles. The number of amides is 2. The first-order chi connectivity index (χ1) is 9.60. The molecule has 1 aliphatic rings. The van der Waals surface area contributed by atoms with Gasteiger partial charge in [-0.2, -0.15) is 0 Å². The monoisotopic (exact) mass is 276 g/mol. The first-order valence-electron chi connectivity index (χ1n) is 6.80. The molecule has 20 heavy (non-hydrogen) atoms. The van der Waals surface area contributed by atoms with Crippen molar-refractivity contribution in [2.75, 3.05) is 25.5 Å². The maximum absolute atomic E-state index is 12.2. The highest BCUT2D eigenvalue weighted by molar-refractivity contribution is 5.92. The summed E-state index contributed by atoms with van der Waals surface area (Å²) in [4.78, 5) is 25.2. The average molecular weight is 276 g/mol. The summed E-state index contributed by atoms with van der Waals surface area (Å²) in [6.07, 6.45) is 1.45. The SMILES string of the molecule is COc1ccc(NC(=O)C2CCN(C(C)=O)CC2)cc1. The highest BCUT2D eigenvalue weighted by Gasteiger charge is 2.25. The van der Waals surface area contributed by atoms with Crippen LogP contribution in [0.4, 0.5) is 5.69 Å². The molecule has 5 nitrogen and oxygen atoms in total. The first kappa shape index (κ1) is 14.4. The van der Waals surface area contributed by atoms with Crippen LogP contribution in [0.2, 0.25) is 0 Å². The molecule has 1 heterocycles. The van der Waals surface area contributed by atoms with Crippen molar-refractivity contribution >= 4 is 17.5 Å². The van der Waals surface area contributed by atoms with Crippen LogP contribution in [0, 0.1) is 5.92 Å². The van der Waals surface area contributed by atoms with E-state index in [1.807, 2.05) is 24.3 Å². The van der Waals surface area contributed by atoms with Crippen LogP contribution < -0.4 is 10.1 Å². The number of methoxy groups -OCH3 is 1. The lowest BCUT2D eigenvalue weighted by Gasteiger charge is -2.30. The Hall–Kier alpha value is -2.04. The van der Waals surface area contributed by atoms with Gasteiger partial charge in [0.25, 0.3) is 0 Å². The average Bonchev–Trinajstić information content (AvgIpc) is 2.48. The third kappa shape index (κ3) is 3.50. The number of nitrogens with one attached hydrogen (secondary N) is 1. The summed E-state index contributed by atoms with van der Waals surface area (Å²) in [5.74, 6) is 0.850. The summed E-state index contributed by atoms with van der Waals surface area (Å²) in [7, 11) is 1.61. The summed E-state index contributed by atoms with van der Waals surface area (Å²) in [5.41, 5.74) is 0.768. The van der Waals surface area contributed by atoms with Gasteiger partial charge in [-0.05, 0) is 37.1 Å². The number of nitrogens with zero attached hydrogens (tertiary/aromatic N) is 1. The number of carbonyl (C=O) groups is 2. The van der Waals surface area contributed by atoms with Crippen molar-refractivity contribution in [3.05, 3.63) is 24.3 Å². The van der Waals surface area contributed by atoms with E-state index in [9.17, 15) is 9.59 Å². The number of anilines is 1. The fourth-order valence-electron chi connectivity index (χ4n) is 2.38. The quantitative estimate of drug-likeness (QED) is 0.917. The fourth-order valence-corrected chi connectivity index (χ4v) is 2.38. The number of benzene rings is 1. The molecule has 1 aromatic carbocycles. The maximum Gasteiger partial charge on any atom is 0.227 e. The van der Waals surface area contributed by atoms with Gasteiger partial charge in [0, 0.05) is 31.6 Å². The Morgan fingerprint density at radius 3 is 2.30 bits per heavy atom. The standard InChI is InChI=1S/C15H20N2O3/c1-11(18)17-9-7-12(8-10-17)15(19)16-13-3-5-14(20-2)6-4-13/h3-6,12H,7-10H2,1-2H3,(H,16,19). The Morgan fingerprint density at radius 2 is 1.80 bits per heavy atom. The van der Waals surface area contributed by atoms with E-state index in [1.165, 1.54) is 0 Å². The van der Waals surface area contributed by atoms with Gasteiger partial charge in [-0.15, -0.1) is 0 Å². The van der Waals surface area contributed by atoms with Crippen molar-refractivity contribution in [3.8, 4) is 5.75 Å². The van der Waals surface area contributed by atoms with Crippen LogP contribution in [0.25, 0.3) is 0 Å². The Morgan fingerprint density at radius 1 is 1.20 bits per heavy atom. The second-order valence-electron chi connectivity index (χ2n) is 5.00. The van der Waals surface area contributed by atoms with Crippen LogP contribution in [0.15, 0.2) is 24.3 Å². The Bertz CT molecular complexity index is 476. The molecule has 0 unspecified atom stereocenters. The van der Waals surface area contributed by atoms with Crippen molar-refractivity contribution in [2.45, 2.75) is 19.8 Å². The molecule has 0 aromatic heterocycles. The molecule has 1 aromatic rings. The van der Waals surface area contributed by atoms with E-state index in [2.05, 4.69) is 5.32 Å². The van der Waals surface area contributed by atoms with E-state index in [0.717, 1.165) is 24.3 Å². The Kier molecular flexibility index (Phi) is 4.61. The Balaban J connectivity index is 1.87. The smallest absolute Gasteiger partial charge is 0.227 e. The highest BCUT2D eigenvalue weighted by Crippen LogP contribution is 2.20. The van der Waals surface area contributed by atoms with Gasteiger partial charge in [-0.25, -0.2) is 0 Å². The van der Waals surface area contributed by atoms with Crippen LogP contribution >= 0.6 is 0 Å². The molecule has 0 bridgehead atoms. The molecular weight excluding hydrogens is 256 g/mol. The van der Waals surface area contributed by atoms with Crippen molar-refractivity contribution in [1.82, 2.24) is 4.90 Å². The van der Waals surface area contributed by atoms with Crippen LogP contribution in [-0.4, -0.2) is 36.9 Å². The number of hydrogen-bond donors (Lipinski definition) is 1. The van der Waals surface area contributed by atoms with Crippen LogP contribution in [0.5, 0.6) is 5.75 Å². The zero-order chi connectivity index (χ0) is 14.5. The van der Waals surface area contributed by atoms with E-state index in [0.29, 0.717) is 13.1 Å². The van der Waals surface area contributed by atoms with E-state index in [-0.39, 0.29) is 17.7 Å². The molecular formula is C15H20N2O3. The van der Waals surface area contributed by atoms with Crippen LogP contribution in [0.1, 0.15) is 19.8 Å². The second kappa shape index (κ2) is 6.41. The third-order valence-corrected chi connectivity index (χ3v) is 3.67. The molecule has 2 rings (SSSR count). The topological polar surface area (TPSA) is 58.6 Å². The lowest BCUT2D eigenvalue weighted by Crippen LogP contribution is -2.40. The van der Waals surface area contributed by atoms with Gasteiger partial charge in [-0.1, -0.05) is 0 Å². The molecule has 0 radical (unpaired) electrons. The first-order valence-corrected chi connectivity index (χ1v) is 6.80. The number of ether oxygens (including phenoxy) is 1. The molecule has 2 amide bonds. The minimum absolute atomic E-state index is 0.0206. The van der Waals surface area contributed by atoms with Gasteiger partial charge in [0.1, 0.15) is 5.75 Å². The van der Waals surface area contributed by atoms with E-state index >= 15 is 0 Å². The molecule has 108 valence electrons. The third-order valence-electron chi connectivity index (χ3n) is 3.67. The maximum atomic E-state index is 12.2. The van der Waals surface area contributed by atoms with Crippen molar-refractivity contribution in [1.29, 1.82) is 0 Å². The van der Waals surface area contributed by atoms with E-state index in [4.69, 9.17) is 4.74 Å². The molecule has 0 saturated carbocycles. The minimum Gasteiger partial charge on any atom is -0.497 e. The summed E-state index contributed by atoms with van der Waals surface area (Å²) in [6.45, 7) is 2.89. The normalized spacial score (nSPS) is 15.8. The summed E-state index contributed by atoms with van der Waals surface area (Å²) in [5, 5.41) is 2.91. The molecule has 5 heteroatoms. The molecule has 1 fully saturated rings. The lowest BCUT2D eigenvalue weighted by molar-refractivity contribution is -0.132. The van der Waals surface area contributed by atoms with Gasteiger partial charge < -0.3 is 15.0 Å². The van der Waals surface area contributed by atoms with Gasteiger partial charge in [0.2, 0.25) is 11.8 Å². The number of piperidine rings is 1.